The van der Waals surface area contributed by atoms with E-state index in [0.717, 1.165) is 34.7 Å². The van der Waals surface area contributed by atoms with Crippen LogP contribution in [0.2, 0.25) is 0 Å². The third kappa shape index (κ3) is 8.71. The maximum Gasteiger partial charge on any atom is 0.416 e. The number of benzene rings is 2. The Morgan fingerprint density at radius 2 is 1.66 bits per heavy atom. The van der Waals surface area contributed by atoms with Gasteiger partial charge < -0.3 is 5.32 Å². The van der Waals surface area contributed by atoms with Crippen LogP contribution < -0.4 is 10.9 Å². The molecule has 264 valence electrons. The van der Waals surface area contributed by atoms with Gasteiger partial charge in [0.1, 0.15) is 5.56 Å². The Kier molecular flexibility index (Phi) is 10.8. The first-order chi connectivity index (χ1) is 23.2. The van der Waals surface area contributed by atoms with Gasteiger partial charge >= 0.3 is 6.18 Å². The van der Waals surface area contributed by atoms with E-state index in [4.69, 9.17) is 4.55 Å². The summed E-state index contributed by atoms with van der Waals surface area (Å²) in [5, 5.41) is 6.68. The van der Waals surface area contributed by atoms with Crippen LogP contribution >= 0.6 is 0 Å². The molecule has 0 aliphatic carbocycles. The fourth-order valence-corrected chi connectivity index (χ4v) is 6.25. The van der Waals surface area contributed by atoms with Gasteiger partial charge in [0.05, 0.1) is 33.3 Å². The summed E-state index contributed by atoms with van der Waals surface area (Å²) < 4.78 is 96.3. The second-order valence-electron chi connectivity index (χ2n) is 11.3. The summed E-state index contributed by atoms with van der Waals surface area (Å²) in [6.07, 6.45) is -0.922. The van der Waals surface area contributed by atoms with Crippen molar-refractivity contribution in [3.8, 4) is 16.9 Å². The van der Waals surface area contributed by atoms with Crippen LogP contribution in [0.25, 0.3) is 16.9 Å². The van der Waals surface area contributed by atoms with E-state index in [0.29, 0.717) is 28.2 Å². The normalized spacial score (nSPS) is 11.9. The molecule has 1 amide bonds. The first kappa shape index (κ1) is 37.7. The molecule has 0 aliphatic rings. The van der Waals surface area contributed by atoms with E-state index in [9.17, 15) is 39.6 Å². The average Bonchev–Trinajstić information content (AvgIpc) is 3.46. The highest BCUT2D eigenvalue weighted by atomic mass is 32.2. The monoisotopic (exact) mass is 731 g/mol. The van der Waals surface area contributed by atoms with Crippen LogP contribution in [0.15, 0.2) is 93.7 Å². The van der Waals surface area contributed by atoms with Crippen LogP contribution in [-0.2, 0) is 39.7 Å². The number of hydrogen-bond acceptors (Lipinski definition) is 8. The number of carbonyl (C=O) groups excluding carboxylic acids is 1. The molecule has 3 aromatic heterocycles. The van der Waals surface area contributed by atoms with Crippen LogP contribution in [0.1, 0.15) is 38.4 Å². The lowest BCUT2D eigenvalue weighted by atomic mass is 10.1. The van der Waals surface area contributed by atoms with Crippen molar-refractivity contribution in [1.29, 1.82) is 0 Å². The van der Waals surface area contributed by atoms with E-state index < -0.39 is 43.2 Å². The number of alkyl halides is 3. The topological polar surface area (TPSA) is 170 Å². The van der Waals surface area contributed by atoms with Gasteiger partial charge in [0, 0.05) is 42.6 Å². The number of nitrogens with zero attached hydrogens (tertiary/aromatic N) is 4. The number of aromatic nitrogens is 4. The molecule has 2 aromatic carbocycles. The number of pyridine rings is 2. The zero-order valence-corrected chi connectivity index (χ0v) is 29.0. The highest BCUT2D eigenvalue weighted by Crippen LogP contribution is 2.31. The van der Waals surface area contributed by atoms with Crippen LogP contribution in [0.5, 0.6) is 0 Å². The van der Waals surface area contributed by atoms with E-state index in [-0.39, 0.29) is 27.6 Å². The molecular formula is C33H32F3N5O7S2. The molecule has 5 aromatic rings. The second-order valence-corrected chi connectivity index (χ2v) is 14.7. The SMILES string of the molecule is Cc1c(-c2ccnn2C)cc(C(=O)NCc2ccc(S(C)(=O)=O)cn2)c(=O)n1-c1cccc(C(F)(F)F)c1.Cc1ccc(C)c(S(=O)(=O)O)c1. The number of hydrogen-bond donors (Lipinski definition) is 2. The minimum atomic E-state index is -4.63. The molecular weight excluding hydrogens is 700 g/mol. The molecule has 0 saturated carbocycles. The first-order valence-corrected chi connectivity index (χ1v) is 17.9. The predicted molar refractivity (Wildman–Crippen MR) is 178 cm³/mol. The minimum absolute atomic E-state index is 0.0101. The summed E-state index contributed by atoms with van der Waals surface area (Å²) in [6, 6.07) is 15.0. The van der Waals surface area contributed by atoms with Crippen molar-refractivity contribution >= 4 is 25.9 Å². The molecule has 0 fully saturated rings. The summed E-state index contributed by atoms with van der Waals surface area (Å²) >= 11 is 0. The van der Waals surface area contributed by atoms with Crippen molar-refractivity contribution in [1.82, 2.24) is 24.6 Å². The quantitative estimate of drug-likeness (QED) is 0.222. The number of aryl methyl sites for hydroxylation is 3. The van der Waals surface area contributed by atoms with Gasteiger partial charge in [-0.3, -0.25) is 28.4 Å². The van der Waals surface area contributed by atoms with E-state index >= 15 is 0 Å². The summed E-state index contributed by atoms with van der Waals surface area (Å²) in [5.74, 6) is -0.784. The predicted octanol–water partition coefficient (Wildman–Crippen LogP) is 4.84. The molecule has 0 unspecified atom stereocenters. The van der Waals surface area contributed by atoms with Gasteiger partial charge in [-0.2, -0.15) is 26.7 Å². The Morgan fingerprint density at radius 3 is 2.20 bits per heavy atom. The Labute approximate surface area is 285 Å². The first-order valence-electron chi connectivity index (χ1n) is 14.6. The van der Waals surface area contributed by atoms with Crippen molar-refractivity contribution in [3.63, 3.8) is 0 Å². The Balaban J connectivity index is 0.000000396. The molecule has 17 heteroatoms. The fraction of sp³-hybridized carbons (Fsp3) is 0.212. The van der Waals surface area contributed by atoms with Crippen molar-refractivity contribution in [2.45, 2.75) is 43.3 Å². The average molecular weight is 732 g/mol. The summed E-state index contributed by atoms with van der Waals surface area (Å²) in [4.78, 5) is 30.6. The van der Waals surface area contributed by atoms with E-state index in [1.807, 2.05) is 0 Å². The maximum atomic E-state index is 13.5. The number of rotatable bonds is 7. The molecule has 50 heavy (non-hydrogen) atoms. The molecule has 0 radical (unpaired) electrons. The molecule has 12 nitrogen and oxygen atoms in total. The molecule has 0 bridgehead atoms. The number of nitrogens with one attached hydrogen (secondary N) is 1. The van der Waals surface area contributed by atoms with E-state index in [2.05, 4.69) is 15.4 Å². The fourth-order valence-electron chi connectivity index (χ4n) is 4.88. The molecule has 3 heterocycles. The highest BCUT2D eigenvalue weighted by molar-refractivity contribution is 7.90. The standard InChI is InChI=1S/C25H22F3N5O4S.C8H10O3S/c1-15-20(22-9-10-31-32(22)2)12-21(23(34)30-13-17-7-8-19(14-29-17)38(3,36)37)24(35)33(15)18-6-4-5-16(11-18)25(26,27)28;1-6-3-4-7(2)8(5-6)12(9,10)11/h4-12,14H,13H2,1-3H3,(H,30,34);3-5H,1-2H3,(H,9,10,11). The number of carbonyl (C=O) groups is 1. The number of halogens is 3. The van der Waals surface area contributed by atoms with Crippen LogP contribution in [0, 0.1) is 20.8 Å². The van der Waals surface area contributed by atoms with Gasteiger partial charge in [-0.1, -0.05) is 18.2 Å². The molecule has 0 saturated heterocycles. The van der Waals surface area contributed by atoms with Crippen LogP contribution in [0.3, 0.4) is 0 Å². The molecule has 0 aliphatic heterocycles. The third-order valence-corrected chi connectivity index (χ3v) is 9.59. The van der Waals surface area contributed by atoms with Crippen LogP contribution in [-0.4, -0.2) is 52.9 Å². The Bertz CT molecular complexity index is 2350. The smallest absolute Gasteiger partial charge is 0.346 e. The molecule has 0 spiro atoms. The highest BCUT2D eigenvalue weighted by Gasteiger charge is 2.31. The lowest BCUT2D eigenvalue weighted by Crippen LogP contribution is -2.34. The number of sulfone groups is 1. The lowest BCUT2D eigenvalue weighted by Gasteiger charge is -2.18. The van der Waals surface area contributed by atoms with Crippen molar-refractivity contribution in [2.24, 2.45) is 7.05 Å². The lowest BCUT2D eigenvalue weighted by molar-refractivity contribution is -0.137. The zero-order valence-electron chi connectivity index (χ0n) is 27.3. The van der Waals surface area contributed by atoms with Gasteiger partial charge in [-0.15, -0.1) is 0 Å². The van der Waals surface area contributed by atoms with Crippen molar-refractivity contribution in [2.75, 3.05) is 6.26 Å². The van der Waals surface area contributed by atoms with Gasteiger partial charge in [0.25, 0.3) is 21.6 Å². The molecule has 5 rings (SSSR count). The van der Waals surface area contributed by atoms with Crippen molar-refractivity contribution < 1.29 is 39.4 Å². The number of amides is 1. The second kappa shape index (κ2) is 14.4. The summed E-state index contributed by atoms with van der Waals surface area (Å²) in [7, 11) is -5.85. The van der Waals surface area contributed by atoms with Gasteiger partial charge in [-0.05, 0) is 80.4 Å². The third-order valence-electron chi connectivity index (χ3n) is 7.50. The van der Waals surface area contributed by atoms with Gasteiger partial charge in [0.2, 0.25) is 0 Å². The Hall–Kier alpha value is -5.13. The van der Waals surface area contributed by atoms with E-state index in [1.165, 1.54) is 47.3 Å². The molecule has 0 atom stereocenters. The van der Waals surface area contributed by atoms with Crippen molar-refractivity contribution in [3.05, 3.63) is 123 Å². The zero-order chi connectivity index (χ0) is 37.2. The minimum Gasteiger partial charge on any atom is -0.346 e. The Morgan fingerprint density at radius 1 is 0.960 bits per heavy atom. The van der Waals surface area contributed by atoms with Gasteiger partial charge in [-0.25, -0.2) is 8.42 Å². The molecule has 2 N–H and O–H groups in total. The van der Waals surface area contributed by atoms with E-state index in [1.54, 1.807) is 46.0 Å². The van der Waals surface area contributed by atoms with Gasteiger partial charge in [0.15, 0.2) is 9.84 Å². The maximum absolute atomic E-state index is 13.5. The summed E-state index contributed by atoms with van der Waals surface area (Å²) in [6.45, 7) is 4.86. The summed E-state index contributed by atoms with van der Waals surface area (Å²) in [5.41, 5.74) is 0.854. The van der Waals surface area contributed by atoms with Crippen LogP contribution in [0.4, 0.5) is 13.2 Å². The largest absolute Gasteiger partial charge is 0.416 e.